The van der Waals surface area contributed by atoms with Crippen LogP contribution >= 0.6 is 12.4 Å². The molecule has 0 spiro atoms. The van der Waals surface area contributed by atoms with Gasteiger partial charge in [0, 0.05) is 12.8 Å². The molecule has 0 radical (unpaired) electrons. The quantitative estimate of drug-likeness (QED) is 0.882. The van der Waals surface area contributed by atoms with Crippen LogP contribution in [0.2, 0.25) is 0 Å². The summed E-state index contributed by atoms with van der Waals surface area (Å²) in [6.07, 6.45) is 7.03. The highest BCUT2D eigenvalue weighted by atomic mass is 35.5. The molecule has 2 aliphatic carbocycles. The van der Waals surface area contributed by atoms with Crippen LogP contribution in [0, 0.1) is 18.8 Å². The fourth-order valence-corrected chi connectivity index (χ4v) is 3.87. The molecule has 0 saturated heterocycles. The van der Waals surface area contributed by atoms with Gasteiger partial charge in [-0.25, -0.2) is 0 Å². The Kier molecular flexibility index (Phi) is 5.45. The third-order valence-electron chi connectivity index (χ3n) is 5.07. The number of nitrogens with two attached hydrogens (primary N) is 1. The Hall–Kier alpha value is -1.14. The number of carbonyl (C=O) groups excluding carboxylic acids is 1. The van der Waals surface area contributed by atoms with E-state index < -0.39 is 5.54 Å². The fourth-order valence-electron chi connectivity index (χ4n) is 3.87. The van der Waals surface area contributed by atoms with Gasteiger partial charge in [-0.3, -0.25) is 4.79 Å². The lowest BCUT2D eigenvalue weighted by Gasteiger charge is -2.29. The molecule has 0 aromatic carbocycles. The molecule has 1 amide bonds. The van der Waals surface area contributed by atoms with Gasteiger partial charge >= 0.3 is 0 Å². The number of aryl methyl sites for hydroxylation is 1. The molecule has 2 fully saturated rings. The number of halogens is 1. The van der Waals surface area contributed by atoms with Crippen LogP contribution < -0.4 is 11.1 Å². The van der Waals surface area contributed by atoms with E-state index >= 15 is 0 Å². The Balaban J connectivity index is 0.00000176. The van der Waals surface area contributed by atoms with Gasteiger partial charge in [0.25, 0.3) is 0 Å². The van der Waals surface area contributed by atoms with Crippen LogP contribution in [0.25, 0.3) is 0 Å². The van der Waals surface area contributed by atoms with Gasteiger partial charge in [-0.15, -0.1) is 12.4 Å². The van der Waals surface area contributed by atoms with E-state index in [1.165, 1.54) is 0 Å². The molecule has 0 aliphatic heterocycles. The molecule has 0 bridgehead atoms. The lowest BCUT2D eigenvalue weighted by Crippen LogP contribution is -2.48. The number of hydrogen-bond acceptors (Lipinski definition) is 5. The molecule has 1 heterocycles. The van der Waals surface area contributed by atoms with Crippen molar-refractivity contribution in [2.45, 2.75) is 57.4 Å². The molecule has 1 aromatic heterocycles. The summed E-state index contributed by atoms with van der Waals surface area (Å²) in [5.41, 5.74) is 5.36. The molecule has 1 aromatic rings. The topological polar surface area (TPSA) is 94.0 Å². The Morgan fingerprint density at radius 1 is 1.36 bits per heavy atom. The van der Waals surface area contributed by atoms with Crippen molar-refractivity contribution >= 4 is 18.3 Å². The van der Waals surface area contributed by atoms with E-state index in [-0.39, 0.29) is 24.2 Å². The van der Waals surface area contributed by atoms with Gasteiger partial charge < -0.3 is 15.6 Å². The second kappa shape index (κ2) is 6.96. The maximum absolute atomic E-state index is 12.7. The largest absolute Gasteiger partial charge is 0.343 e. The minimum absolute atomic E-state index is 0. The summed E-state index contributed by atoms with van der Waals surface area (Å²) in [4.78, 5) is 17.1. The first-order chi connectivity index (χ1) is 10.1. The number of nitrogens with zero attached hydrogens (tertiary/aromatic N) is 2. The van der Waals surface area contributed by atoms with Gasteiger partial charge in [0.05, 0.1) is 0 Å². The second-order valence-corrected chi connectivity index (χ2v) is 6.45. The van der Waals surface area contributed by atoms with Crippen molar-refractivity contribution in [3.8, 4) is 0 Å². The Bertz CT molecular complexity index is 513. The number of hydrogen-bond donors (Lipinski definition) is 2. The minimum atomic E-state index is -0.434. The summed E-state index contributed by atoms with van der Waals surface area (Å²) in [5.74, 6) is 1.66. The summed E-state index contributed by atoms with van der Waals surface area (Å²) >= 11 is 0. The lowest BCUT2D eigenvalue weighted by atomic mass is 9.91. The van der Waals surface area contributed by atoms with Crippen molar-refractivity contribution in [1.82, 2.24) is 15.5 Å². The summed E-state index contributed by atoms with van der Waals surface area (Å²) in [6, 6.07) is 0. The van der Waals surface area contributed by atoms with E-state index in [1.807, 2.05) is 0 Å². The maximum atomic E-state index is 12.7. The number of amides is 1. The Labute approximate surface area is 137 Å². The van der Waals surface area contributed by atoms with Crippen molar-refractivity contribution in [1.29, 1.82) is 0 Å². The molecule has 0 unspecified atom stereocenters. The molecule has 7 heteroatoms. The van der Waals surface area contributed by atoms with E-state index in [0.717, 1.165) is 44.9 Å². The monoisotopic (exact) mass is 328 g/mol. The smallest absolute Gasteiger partial charge is 0.224 e. The first-order valence-corrected chi connectivity index (χ1v) is 7.97. The average Bonchev–Trinajstić information content (AvgIpc) is 3.17. The molecule has 2 atom stereocenters. The highest BCUT2D eigenvalue weighted by Gasteiger charge is 2.43. The van der Waals surface area contributed by atoms with Crippen molar-refractivity contribution in [3.05, 3.63) is 11.7 Å². The van der Waals surface area contributed by atoms with Crippen LogP contribution in [-0.4, -0.2) is 22.6 Å². The van der Waals surface area contributed by atoms with Crippen LogP contribution in [0.1, 0.15) is 56.7 Å². The molecule has 3 N–H and O–H groups in total. The molecule has 124 valence electrons. The lowest BCUT2D eigenvalue weighted by molar-refractivity contribution is -0.128. The maximum Gasteiger partial charge on any atom is 0.224 e. The van der Waals surface area contributed by atoms with Gasteiger partial charge in [0.15, 0.2) is 5.82 Å². The molecular weight excluding hydrogens is 304 g/mol. The number of aromatic nitrogens is 2. The summed E-state index contributed by atoms with van der Waals surface area (Å²) in [7, 11) is 0. The van der Waals surface area contributed by atoms with E-state index in [2.05, 4.69) is 15.5 Å². The second-order valence-electron chi connectivity index (χ2n) is 6.45. The van der Waals surface area contributed by atoms with Crippen LogP contribution in [0.15, 0.2) is 4.52 Å². The third kappa shape index (κ3) is 3.13. The minimum Gasteiger partial charge on any atom is -0.343 e. The van der Waals surface area contributed by atoms with Crippen molar-refractivity contribution in [2.24, 2.45) is 17.6 Å². The highest BCUT2D eigenvalue weighted by Crippen LogP contribution is 2.39. The standard InChI is InChI=1S/C15H24N4O2.ClH/c1-10-17-14(19-21-10)15(7-2-3-8-15)18-13(20)12-6-4-5-11(12)9-16;/h11-12H,2-9,16H2,1H3,(H,18,20);1H/t11-,12-;/m1./s1. The Morgan fingerprint density at radius 2 is 2.09 bits per heavy atom. The van der Waals surface area contributed by atoms with E-state index in [9.17, 15) is 4.79 Å². The number of rotatable bonds is 4. The number of nitrogens with one attached hydrogen (secondary N) is 1. The predicted molar refractivity (Wildman–Crippen MR) is 84.5 cm³/mol. The average molecular weight is 329 g/mol. The molecule has 2 saturated carbocycles. The summed E-state index contributed by atoms with van der Waals surface area (Å²) in [5, 5.41) is 7.31. The molecule has 2 aliphatic rings. The first kappa shape index (κ1) is 17.2. The fraction of sp³-hybridized carbons (Fsp3) is 0.800. The number of carbonyl (C=O) groups is 1. The zero-order chi connectivity index (χ0) is 14.9. The summed E-state index contributed by atoms with van der Waals surface area (Å²) in [6.45, 7) is 2.37. The highest BCUT2D eigenvalue weighted by molar-refractivity contribution is 5.85. The van der Waals surface area contributed by atoms with E-state index in [0.29, 0.717) is 24.2 Å². The zero-order valence-electron chi connectivity index (χ0n) is 13.0. The molecule has 22 heavy (non-hydrogen) atoms. The zero-order valence-corrected chi connectivity index (χ0v) is 13.8. The summed E-state index contributed by atoms with van der Waals surface area (Å²) < 4.78 is 5.12. The van der Waals surface area contributed by atoms with Crippen LogP contribution in [0.5, 0.6) is 0 Å². The normalized spacial score (nSPS) is 26.6. The first-order valence-electron chi connectivity index (χ1n) is 7.97. The predicted octanol–water partition coefficient (Wildman–Crippen LogP) is 2.06. The van der Waals surface area contributed by atoms with Gasteiger partial charge in [-0.05, 0) is 38.1 Å². The van der Waals surface area contributed by atoms with Gasteiger partial charge in [0.2, 0.25) is 11.8 Å². The SMILES string of the molecule is Cc1nc(C2(NC(=O)[C@@H]3CCC[C@@H]3CN)CCCC2)no1.Cl. The van der Waals surface area contributed by atoms with Crippen LogP contribution in [0.4, 0.5) is 0 Å². The van der Waals surface area contributed by atoms with Crippen LogP contribution in [-0.2, 0) is 10.3 Å². The van der Waals surface area contributed by atoms with Gasteiger partial charge in [0.1, 0.15) is 5.54 Å². The van der Waals surface area contributed by atoms with Crippen LogP contribution in [0.3, 0.4) is 0 Å². The van der Waals surface area contributed by atoms with Crippen molar-refractivity contribution in [3.63, 3.8) is 0 Å². The van der Waals surface area contributed by atoms with Crippen molar-refractivity contribution < 1.29 is 9.32 Å². The molecule has 3 rings (SSSR count). The molecule has 6 nitrogen and oxygen atoms in total. The van der Waals surface area contributed by atoms with E-state index in [4.69, 9.17) is 10.3 Å². The van der Waals surface area contributed by atoms with Gasteiger partial charge in [-0.2, -0.15) is 4.98 Å². The van der Waals surface area contributed by atoms with Crippen molar-refractivity contribution in [2.75, 3.05) is 6.54 Å². The van der Waals surface area contributed by atoms with Gasteiger partial charge in [-0.1, -0.05) is 24.4 Å². The third-order valence-corrected chi connectivity index (χ3v) is 5.07. The molecular formula is C15H25ClN4O2. The van der Waals surface area contributed by atoms with E-state index in [1.54, 1.807) is 6.92 Å². The Morgan fingerprint density at radius 3 is 2.68 bits per heavy atom.